The molecular formula is C13H23NS. The number of rotatable bonds is 6. The zero-order valence-electron chi connectivity index (χ0n) is 10.3. The van der Waals surface area contributed by atoms with Crippen molar-refractivity contribution in [1.82, 2.24) is 5.32 Å². The average molecular weight is 225 g/mol. The second-order valence-electron chi connectivity index (χ2n) is 4.86. The predicted molar refractivity (Wildman–Crippen MR) is 69.7 cm³/mol. The van der Waals surface area contributed by atoms with Crippen LogP contribution in [0.5, 0.6) is 0 Å². The van der Waals surface area contributed by atoms with Crippen molar-refractivity contribution in [3.05, 3.63) is 22.4 Å². The Balaban J connectivity index is 2.25. The lowest BCUT2D eigenvalue weighted by molar-refractivity contribution is 0.433. The van der Waals surface area contributed by atoms with E-state index in [0.29, 0.717) is 12.0 Å². The average Bonchev–Trinajstić information content (AvgIpc) is 2.65. The van der Waals surface area contributed by atoms with Crippen LogP contribution in [0.1, 0.15) is 44.9 Å². The summed E-state index contributed by atoms with van der Waals surface area (Å²) in [6.45, 7) is 10.2. The third-order valence-corrected chi connectivity index (χ3v) is 3.73. The van der Waals surface area contributed by atoms with E-state index in [1.807, 2.05) is 11.3 Å². The van der Waals surface area contributed by atoms with Crippen LogP contribution in [-0.2, 0) is 0 Å². The summed E-state index contributed by atoms with van der Waals surface area (Å²) in [6, 6.07) is 4.99. The van der Waals surface area contributed by atoms with Gasteiger partial charge in [0.25, 0.3) is 0 Å². The van der Waals surface area contributed by atoms with Crippen molar-refractivity contribution in [3.8, 4) is 0 Å². The molecule has 0 fully saturated rings. The molecule has 1 rings (SSSR count). The lowest BCUT2D eigenvalue weighted by atomic mass is 10.0. The number of thiophene rings is 1. The van der Waals surface area contributed by atoms with Gasteiger partial charge in [-0.05, 0) is 30.7 Å². The zero-order valence-corrected chi connectivity index (χ0v) is 11.1. The summed E-state index contributed by atoms with van der Waals surface area (Å²) in [4.78, 5) is 1.49. The van der Waals surface area contributed by atoms with Gasteiger partial charge in [-0.25, -0.2) is 0 Å². The van der Waals surface area contributed by atoms with Crippen molar-refractivity contribution in [2.24, 2.45) is 5.92 Å². The van der Waals surface area contributed by atoms with Gasteiger partial charge in [-0.3, -0.25) is 0 Å². The fourth-order valence-electron chi connectivity index (χ4n) is 1.84. The summed E-state index contributed by atoms with van der Waals surface area (Å²) >= 11 is 1.86. The molecule has 15 heavy (non-hydrogen) atoms. The van der Waals surface area contributed by atoms with Gasteiger partial charge in [0, 0.05) is 23.4 Å². The third-order valence-electron chi connectivity index (χ3n) is 2.63. The van der Waals surface area contributed by atoms with E-state index in [4.69, 9.17) is 0 Å². The fraction of sp³-hybridized carbons (Fsp3) is 0.692. The topological polar surface area (TPSA) is 12.0 Å². The van der Waals surface area contributed by atoms with Crippen LogP contribution in [-0.4, -0.2) is 12.6 Å². The zero-order chi connectivity index (χ0) is 11.3. The molecule has 2 atom stereocenters. The van der Waals surface area contributed by atoms with Crippen molar-refractivity contribution in [3.63, 3.8) is 0 Å². The van der Waals surface area contributed by atoms with Crippen LogP contribution in [0.15, 0.2) is 17.5 Å². The smallest absolute Gasteiger partial charge is 0.00860 e. The maximum Gasteiger partial charge on any atom is 0.00860 e. The van der Waals surface area contributed by atoms with E-state index in [1.165, 1.54) is 11.3 Å². The first-order valence-corrected chi connectivity index (χ1v) is 6.74. The van der Waals surface area contributed by atoms with Gasteiger partial charge in [-0.1, -0.05) is 26.8 Å². The molecule has 2 heteroatoms. The number of hydrogen-bond acceptors (Lipinski definition) is 2. The van der Waals surface area contributed by atoms with Crippen molar-refractivity contribution >= 4 is 11.3 Å². The largest absolute Gasteiger partial charge is 0.314 e. The predicted octanol–water partition coefficient (Wildman–Crippen LogP) is 3.88. The van der Waals surface area contributed by atoms with Crippen molar-refractivity contribution < 1.29 is 0 Å². The Kier molecular flexibility index (Phi) is 5.34. The highest BCUT2D eigenvalue weighted by Crippen LogP contribution is 2.20. The van der Waals surface area contributed by atoms with Gasteiger partial charge in [-0.2, -0.15) is 0 Å². The molecule has 1 nitrogen and oxygen atoms in total. The molecule has 1 heterocycles. The minimum Gasteiger partial charge on any atom is -0.314 e. The van der Waals surface area contributed by atoms with Gasteiger partial charge in [0.05, 0.1) is 0 Å². The highest BCUT2D eigenvalue weighted by atomic mass is 32.1. The quantitative estimate of drug-likeness (QED) is 0.775. The molecule has 1 aromatic rings. The Labute approximate surface area is 97.9 Å². The Hall–Kier alpha value is -0.340. The van der Waals surface area contributed by atoms with Crippen molar-refractivity contribution in [1.29, 1.82) is 0 Å². The highest BCUT2D eigenvalue weighted by Gasteiger charge is 2.09. The Bertz CT molecular complexity index is 254. The van der Waals surface area contributed by atoms with E-state index in [9.17, 15) is 0 Å². The first-order chi connectivity index (χ1) is 7.09. The summed E-state index contributed by atoms with van der Waals surface area (Å²) in [5.74, 6) is 1.42. The lowest BCUT2D eigenvalue weighted by Gasteiger charge is -2.18. The summed E-state index contributed by atoms with van der Waals surface area (Å²) in [6.07, 6.45) is 1.26. The molecule has 0 aliphatic heterocycles. The lowest BCUT2D eigenvalue weighted by Crippen LogP contribution is -2.30. The van der Waals surface area contributed by atoms with Crippen LogP contribution in [0, 0.1) is 5.92 Å². The molecule has 0 aliphatic rings. The van der Waals surface area contributed by atoms with Crippen molar-refractivity contribution in [2.75, 3.05) is 6.54 Å². The SMILES string of the molecule is CC(C)CC(C)NCC(C)c1cccs1. The monoisotopic (exact) mass is 225 g/mol. The number of nitrogens with one attached hydrogen (secondary N) is 1. The van der Waals surface area contributed by atoms with Crippen LogP contribution < -0.4 is 5.32 Å². The van der Waals surface area contributed by atoms with Crippen LogP contribution in [0.3, 0.4) is 0 Å². The molecule has 0 saturated heterocycles. The summed E-state index contributed by atoms with van der Waals surface area (Å²) < 4.78 is 0. The van der Waals surface area contributed by atoms with E-state index in [2.05, 4.69) is 50.5 Å². The second-order valence-corrected chi connectivity index (χ2v) is 5.83. The first-order valence-electron chi connectivity index (χ1n) is 5.86. The molecule has 0 aromatic carbocycles. The van der Waals surface area contributed by atoms with Gasteiger partial charge >= 0.3 is 0 Å². The van der Waals surface area contributed by atoms with Gasteiger partial charge < -0.3 is 5.32 Å². The normalized spacial score (nSPS) is 15.5. The maximum atomic E-state index is 3.61. The standard InChI is InChI=1S/C13H23NS/c1-10(2)8-12(4)14-9-11(3)13-6-5-7-15-13/h5-7,10-12,14H,8-9H2,1-4H3. The third kappa shape index (κ3) is 4.80. The molecule has 0 bridgehead atoms. The molecule has 0 radical (unpaired) electrons. The van der Waals surface area contributed by atoms with Crippen LogP contribution in [0.4, 0.5) is 0 Å². The van der Waals surface area contributed by atoms with Gasteiger partial charge in [0.15, 0.2) is 0 Å². The van der Waals surface area contributed by atoms with E-state index in [0.717, 1.165) is 12.5 Å². The van der Waals surface area contributed by atoms with Gasteiger partial charge in [0.2, 0.25) is 0 Å². The molecular weight excluding hydrogens is 202 g/mol. The highest BCUT2D eigenvalue weighted by molar-refractivity contribution is 7.10. The molecule has 0 spiro atoms. The van der Waals surface area contributed by atoms with Gasteiger partial charge in [0.1, 0.15) is 0 Å². The maximum absolute atomic E-state index is 3.61. The molecule has 1 N–H and O–H groups in total. The molecule has 0 amide bonds. The Morgan fingerprint density at radius 1 is 1.27 bits per heavy atom. The molecule has 86 valence electrons. The molecule has 0 saturated carbocycles. The van der Waals surface area contributed by atoms with Crippen LogP contribution in [0.2, 0.25) is 0 Å². The van der Waals surface area contributed by atoms with E-state index in [1.54, 1.807) is 0 Å². The van der Waals surface area contributed by atoms with E-state index >= 15 is 0 Å². The first kappa shape index (κ1) is 12.7. The van der Waals surface area contributed by atoms with E-state index < -0.39 is 0 Å². The fourth-order valence-corrected chi connectivity index (χ4v) is 2.63. The van der Waals surface area contributed by atoms with Crippen LogP contribution in [0.25, 0.3) is 0 Å². The van der Waals surface area contributed by atoms with Crippen molar-refractivity contribution in [2.45, 2.75) is 46.1 Å². The van der Waals surface area contributed by atoms with Gasteiger partial charge in [-0.15, -0.1) is 11.3 Å². The van der Waals surface area contributed by atoms with Crippen LogP contribution >= 0.6 is 11.3 Å². The summed E-state index contributed by atoms with van der Waals surface area (Å²) in [7, 11) is 0. The minimum atomic E-state index is 0.632. The molecule has 1 aromatic heterocycles. The summed E-state index contributed by atoms with van der Waals surface area (Å²) in [5, 5.41) is 5.76. The Morgan fingerprint density at radius 2 is 2.00 bits per heavy atom. The summed E-state index contributed by atoms with van der Waals surface area (Å²) in [5.41, 5.74) is 0. The second kappa shape index (κ2) is 6.29. The minimum absolute atomic E-state index is 0.632. The molecule has 0 aliphatic carbocycles. The number of hydrogen-bond donors (Lipinski definition) is 1. The molecule has 2 unspecified atom stereocenters. The van der Waals surface area contributed by atoms with E-state index in [-0.39, 0.29) is 0 Å². The Morgan fingerprint density at radius 3 is 2.53 bits per heavy atom.